The molecule has 2 rings (SSSR count). The summed E-state index contributed by atoms with van der Waals surface area (Å²) in [5, 5.41) is 0. The molecule has 0 aliphatic carbocycles. The minimum atomic E-state index is 0.498. The minimum absolute atomic E-state index is 0.498. The van der Waals surface area contributed by atoms with Crippen molar-refractivity contribution < 1.29 is 0 Å². The fourth-order valence-corrected chi connectivity index (χ4v) is 2.99. The van der Waals surface area contributed by atoms with Gasteiger partial charge in [0.2, 0.25) is 0 Å². The van der Waals surface area contributed by atoms with Crippen molar-refractivity contribution in [3.05, 3.63) is 23.4 Å². The van der Waals surface area contributed by atoms with Gasteiger partial charge in [-0.2, -0.15) is 0 Å². The third-order valence-electron chi connectivity index (χ3n) is 4.01. The molecule has 0 saturated carbocycles. The van der Waals surface area contributed by atoms with E-state index in [1.54, 1.807) is 0 Å². The monoisotopic (exact) mass is 276 g/mol. The van der Waals surface area contributed by atoms with Crippen LogP contribution in [0.2, 0.25) is 0 Å². The summed E-state index contributed by atoms with van der Waals surface area (Å²) in [7, 11) is 2.20. The Hall–Kier alpha value is -1.13. The molecule has 1 saturated heterocycles. The topological polar surface area (TPSA) is 45.4 Å². The summed E-state index contributed by atoms with van der Waals surface area (Å²) in [6, 6.07) is 4.82. The Labute approximate surface area is 123 Å². The van der Waals surface area contributed by atoms with Crippen molar-refractivity contribution in [3.63, 3.8) is 0 Å². The van der Waals surface area contributed by atoms with Crippen LogP contribution in [0.15, 0.2) is 12.1 Å². The van der Waals surface area contributed by atoms with E-state index in [9.17, 15) is 0 Å². The number of rotatable bonds is 4. The van der Waals surface area contributed by atoms with Gasteiger partial charge in [0, 0.05) is 31.4 Å². The van der Waals surface area contributed by atoms with E-state index in [0.29, 0.717) is 12.6 Å². The van der Waals surface area contributed by atoms with Crippen LogP contribution in [0.5, 0.6) is 0 Å². The molecule has 0 spiro atoms. The van der Waals surface area contributed by atoms with Crippen molar-refractivity contribution in [3.8, 4) is 0 Å². The average molecular weight is 276 g/mol. The number of aromatic nitrogens is 1. The minimum Gasteiger partial charge on any atom is -0.353 e. The van der Waals surface area contributed by atoms with Gasteiger partial charge in [-0.3, -0.25) is 0 Å². The fourth-order valence-electron chi connectivity index (χ4n) is 2.99. The van der Waals surface area contributed by atoms with Crippen molar-refractivity contribution in [2.24, 2.45) is 5.73 Å². The van der Waals surface area contributed by atoms with E-state index in [1.807, 2.05) is 0 Å². The van der Waals surface area contributed by atoms with E-state index < -0.39 is 0 Å². The van der Waals surface area contributed by atoms with E-state index in [1.165, 1.54) is 24.2 Å². The molecule has 1 unspecified atom stereocenters. The highest BCUT2D eigenvalue weighted by atomic mass is 15.3. The normalized spacial score (nSPS) is 21.0. The molecule has 4 nitrogen and oxygen atoms in total. The maximum atomic E-state index is 5.85. The van der Waals surface area contributed by atoms with Gasteiger partial charge in [-0.05, 0) is 51.1 Å². The summed E-state index contributed by atoms with van der Waals surface area (Å²) < 4.78 is 0. The molecule has 112 valence electrons. The zero-order valence-corrected chi connectivity index (χ0v) is 13.1. The summed E-state index contributed by atoms with van der Waals surface area (Å²) in [5.41, 5.74) is 8.22. The van der Waals surface area contributed by atoms with Gasteiger partial charge in [0.1, 0.15) is 5.82 Å². The predicted molar refractivity (Wildman–Crippen MR) is 85.0 cm³/mol. The molecule has 1 aliphatic heterocycles. The first-order valence-electron chi connectivity index (χ1n) is 7.79. The summed E-state index contributed by atoms with van der Waals surface area (Å²) in [6.07, 6.45) is 3.35. The van der Waals surface area contributed by atoms with Gasteiger partial charge in [0.05, 0.1) is 0 Å². The molecule has 0 amide bonds. The summed E-state index contributed by atoms with van der Waals surface area (Å²) in [5.74, 6) is 1.11. The molecule has 1 fully saturated rings. The Bertz CT molecular complexity index is 432. The van der Waals surface area contributed by atoms with Gasteiger partial charge in [0.15, 0.2) is 0 Å². The molecule has 1 aromatic heterocycles. The number of nitrogens with two attached hydrogens (primary N) is 1. The van der Waals surface area contributed by atoms with Gasteiger partial charge >= 0.3 is 0 Å². The lowest BCUT2D eigenvalue weighted by molar-refractivity contribution is 0.337. The summed E-state index contributed by atoms with van der Waals surface area (Å²) in [6.45, 7) is 8.42. The Balaban J connectivity index is 2.27. The van der Waals surface area contributed by atoms with Crippen molar-refractivity contribution >= 4 is 5.82 Å². The van der Waals surface area contributed by atoms with E-state index in [-0.39, 0.29) is 0 Å². The van der Waals surface area contributed by atoms with Crippen LogP contribution < -0.4 is 10.6 Å². The molecule has 0 aromatic carbocycles. The average Bonchev–Trinajstić information content (AvgIpc) is 2.59. The van der Waals surface area contributed by atoms with Crippen LogP contribution in [0.25, 0.3) is 0 Å². The molecular formula is C16H28N4. The van der Waals surface area contributed by atoms with E-state index in [0.717, 1.165) is 31.7 Å². The number of aryl methyl sites for hydroxylation is 1. The van der Waals surface area contributed by atoms with Crippen molar-refractivity contribution in [1.29, 1.82) is 0 Å². The van der Waals surface area contributed by atoms with Crippen LogP contribution >= 0.6 is 0 Å². The number of pyridine rings is 1. The van der Waals surface area contributed by atoms with E-state index >= 15 is 0 Å². The molecule has 0 radical (unpaired) electrons. The number of anilines is 1. The van der Waals surface area contributed by atoms with Gasteiger partial charge in [0.25, 0.3) is 0 Å². The van der Waals surface area contributed by atoms with Crippen LogP contribution in [-0.2, 0) is 13.0 Å². The quantitative estimate of drug-likeness (QED) is 0.914. The zero-order valence-electron chi connectivity index (χ0n) is 13.1. The highest BCUT2D eigenvalue weighted by Crippen LogP contribution is 2.21. The lowest BCUT2D eigenvalue weighted by atomic mass is 10.1. The van der Waals surface area contributed by atoms with Crippen LogP contribution in [0.4, 0.5) is 5.82 Å². The van der Waals surface area contributed by atoms with Crippen LogP contribution in [-0.4, -0.2) is 42.6 Å². The second-order valence-corrected chi connectivity index (χ2v) is 5.94. The molecule has 20 heavy (non-hydrogen) atoms. The third kappa shape index (κ3) is 3.70. The standard InChI is InChI=1S/C16H28N4/c1-4-6-15-9-14(11-17)10-16(18-15)20-8-5-7-19(3)12-13(20)2/h9-10,13H,4-8,11-12,17H2,1-3H3. The number of likely N-dealkylation sites (N-methyl/N-ethyl adjacent to an activating group) is 1. The highest BCUT2D eigenvalue weighted by molar-refractivity contribution is 5.44. The Morgan fingerprint density at radius 2 is 2.15 bits per heavy atom. The SMILES string of the molecule is CCCc1cc(CN)cc(N2CCCN(C)CC2C)n1. The molecule has 1 atom stereocenters. The first kappa shape index (κ1) is 15.3. The third-order valence-corrected chi connectivity index (χ3v) is 4.01. The Morgan fingerprint density at radius 1 is 1.35 bits per heavy atom. The van der Waals surface area contributed by atoms with E-state index in [4.69, 9.17) is 10.7 Å². The van der Waals surface area contributed by atoms with Crippen LogP contribution in [0.1, 0.15) is 37.9 Å². The molecule has 1 aromatic rings. The van der Waals surface area contributed by atoms with Crippen molar-refractivity contribution in [1.82, 2.24) is 9.88 Å². The van der Waals surface area contributed by atoms with Crippen molar-refractivity contribution in [2.75, 3.05) is 31.6 Å². The zero-order chi connectivity index (χ0) is 14.5. The number of hydrogen-bond donors (Lipinski definition) is 1. The first-order valence-corrected chi connectivity index (χ1v) is 7.79. The number of hydrogen-bond acceptors (Lipinski definition) is 4. The van der Waals surface area contributed by atoms with Crippen LogP contribution in [0.3, 0.4) is 0 Å². The fraction of sp³-hybridized carbons (Fsp3) is 0.688. The summed E-state index contributed by atoms with van der Waals surface area (Å²) >= 11 is 0. The first-order chi connectivity index (χ1) is 9.63. The van der Waals surface area contributed by atoms with Gasteiger partial charge in [-0.25, -0.2) is 4.98 Å². The molecule has 1 aliphatic rings. The maximum absolute atomic E-state index is 5.85. The lowest BCUT2D eigenvalue weighted by Gasteiger charge is -2.29. The predicted octanol–water partition coefficient (Wildman–Crippen LogP) is 2.02. The molecule has 0 bridgehead atoms. The maximum Gasteiger partial charge on any atom is 0.129 e. The smallest absolute Gasteiger partial charge is 0.129 e. The second kappa shape index (κ2) is 7.04. The van der Waals surface area contributed by atoms with Crippen LogP contribution in [0, 0.1) is 0 Å². The molecule has 2 heterocycles. The summed E-state index contributed by atoms with van der Waals surface area (Å²) in [4.78, 5) is 9.72. The second-order valence-electron chi connectivity index (χ2n) is 5.94. The Morgan fingerprint density at radius 3 is 2.85 bits per heavy atom. The number of nitrogens with zero attached hydrogens (tertiary/aromatic N) is 3. The van der Waals surface area contributed by atoms with Gasteiger partial charge in [-0.1, -0.05) is 13.3 Å². The Kier molecular flexibility index (Phi) is 5.38. The lowest BCUT2D eigenvalue weighted by Crippen LogP contribution is -2.38. The largest absolute Gasteiger partial charge is 0.353 e. The van der Waals surface area contributed by atoms with Crippen molar-refractivity contribution in [2.45, 2.75) is 45.7 Å². The molecular weight excluding hydrogens is 248 g/mol. The molecule has 4 heteroatoms. The van der Waals surface area contributed by atoms with E-state index in [2.05, 4.69) is 42.8 Å². The molecule has 2 N–H and O–H groups in total. The van der Waals surface area contributed by atoms with Gasteiger partial charge < -0.3 is 15.5 Å². The highest BCUT2D eigenvalue weighted by Gasteiger charge is 2.21. The van der Waals surface area contributed by atoms with Gasteiger partial charge in [-0.15, -0.1) is 0 Å².